The number of rotatable bonds is 3. The largest absolute Gasteiger partial charge is 0.418 e. The van der Waals surface area contributed by atoms with Crippen molar-refractivity contribution in [3.05, 3.63) is 35.4 Å². The van der Waals surface area contributed by atoms with E-state index in [0.717, 1.165) is 7.11 Å². The molecule has 7 heteroatoms. The van der Waals surface area contributed by atoms with Gasteiger partial charge in [-0.1, -0.05) is 24.3 Å². The summed E-state index contributed by atoms with van der Waals surface area (Å²) in [7, 11) is 1.03. The number of ether oxygens (including phenoxy) is 1. The van der Waals surface area contributed by atoms with Gasteiger partial charge in [0.1, 0.15) is 5.78 Å². The van der Waals surface area contributed by atoms with Crippen molar-refractivity contribution in [2.45, 2.75) is 43.9 Å². The molecule has 1 aromatic carbocycles. The van der Waals surface area contributed by atoms with E-state index in [1.807, 2.05) is 0 Å². The van der Waals surface area contributed by atoms with E-state index in [4.69, 9.17) is 4.74 Å². The second kappa shape index (κ2) is 6.44. The summed E-state index contributed by atoms with van der Waals surface area (Å²) in [4.78, 5) is 24.1. The van der Waals surface area contributed by atoms with E-state index in [1.165, 1.54) is 12.1 Å². The van der Waals surface area contributed by atoms with E-state index < -0.39 is 23.6 Å². The summed E-state index contributed by atoms with van der Waals surface area (Å²) in [6.45, 7) is 0.276. The fourth-order valence-corrected chi connectivity index (χ4v) is 4.19. The normalized spacial score (nSPS) is 24.4. The van der Waals surface area contributed by atoms with Crippen LogP contribution in [0.5, 0.6) is 0 Å². The molecule has 2 aliphatic rings. The van der Waals surface area contributed by atoms with Crippen LogP contribution in [0.1, 0.15) is 48.8 Å². The number of carbonyl (C=O) groups is 2. The average Bonchev–Trinajstić information content (AvgIpc) is 2.87. The molecule has 0 aromatic heterocycles. The SMILES string of the molecule is CO[C@H](c1ccccc1C1CNC(=O)C12CCC(=O)CC2)C(F)(F)F. The fourth-order valence-electron chi connectivity index (χ4n) is 4.19. The van der Waals surface area contributed by atoms with Gasteiger partial charge in [0.2, 0.25) is 5.91 Å². The minimum Gasteiger partial charge on any atom is -0.367 e. The molecule has 1 aromatic rings. The van der Waals surface area contributed by atoms with E-state index >= 15 is 0 Å². The fraction of sp³-hybridized carbons (Fsp3) is 0.556. The van der Waals surface area contributed by atoms with E-state index in [0.29, 0.717) is 31.2 Å². The molecule has 3 rings (SSSR count). The number of hydrogen-bond donors (Lipinski definition) is 1. The van der Waals surface area contributed by atoms with Gasteiger partial charge in [-0.05, 0) is 24.0 Å². The van der Waals surface area contributed by atoms with Gasteiger partial charge < -0.3 is 10.1 Å². The zero-order valence-electron chi connectivity index (χ0n) is 13.9. The van der Waals surface area contributed by atoms with Gasteiger partial charge in [-0.2, -0.15) is 13.2 Å². The summed E-state index contributed by atoms with van der Waals surface area (Å²) >= 11 is 0. The summed E-state index contributed by atoms with van der Waals surface area (Å²) in [5.41, 5.74) is -0.303. The topological polar surface area (TPSA) is 55.4 Å². The summed E-state index contributed by atoms with van der Waals surface area (Å²) in [6.07, 6.45) is -5.25. The molecule has 1 aliphatic carbocycles. The molecule has 2 atom stereocenters. The van der Waals surface area contributed by atoms with Crippen molar-refractivity contribution in [1.82, 2.24) is 5.32 Å². The third-order valence-corrected chi connectivity index (χ3v) is 5.47. The Morgan fingerprint density at radius 3 is 2.44 bits per heavy atom. The van der Waals surface area contributed by atoms with Gasteiger partial charge in [0, 0.05) is 32.4 Å². The highest BCUT2D eigenvalue weighted by molar-refractivity contribution is 5.90. The lowest BCUT2D eigenvalue weighted by Crippen LogP contribution is -2.38. The first kappa shape index (κ1) is 17.9. The Balaban J connectivity index is 2.04. The molecule has 2 fully saturated rings. The lowest BCUT2D eigenvalue weighted by molar-refractivity contribution is -0.216. The van der Waals surface area contributed by atoms with Crippen molar-refractivity contribution in [1.29, 1.82) is 0 Å². The zero-order chi connectivity index (χ0) is 18.2. The second-order valence-electron chi connectivity index (χ2n) is 6.74. The predicted octanol–water partition coefficient (Wildman–Crippen LogP) is 3.28. The Labute approximate surface area is 143 Å². The van der Waals surface area contributed by atoms with Gasteiger partial charge in [-0.15, -0.1) is 0 Å². The lowest BCUT2D eigenvalue weighted by Gasteiger charge is -2.37. The van der Waals surface area contributed by atoms with Crippen molar-refractivity contribution in [2.75, 3.05) is 13.7 Å². The summed E-state index contributed by atoms with van der Waals surface area (Å²) in [6, 6.07) is 6.25. The van der Waals surface area contributed by atoms with E-state index in [2.05, 4.69) is 5.32 Å². The molecule has 1 spiro atoms. The van der Waals surface area contributed by atoms with Crippen LogP contribution in [0.25, 0.3) is 0 Å². The number of methoxy groups -OCH3 is 1. The molecule has 4 nitrogen and oxygen atoms in total. The van der Waals surface area contributed by atoms with Crippen LogP contribution in [-0.2, 0) is 14.3 Å². The van der Waals surface area contributed by atoms with Crippen molar-refractivity contribution >= 4 is 11.7 Å². The van der Waals surface area contributed by atoms with Gasteiger partial charge in [-0.3, -0.25) is 9.59 Å². The molecule has 1 N–H and O–H groups in total. The van der Waals surface area contributed by atoms with E-state index in [1.54, 1.807) is 12.1 Å². The molecule has 1 unspecified atom stereocenters. The van der Waals surface area contributed by atoms with Crippen molar-refractivity contribution in [2.24, 2.45) is 5.41 Å². The molecule has 136 valence electrons. The third kappa shape index (κ3) is 3.05. The highest BCUT2D eigenvalue weighted by Gasteiger charge is 2.53. The number of carbonyl (C=O) groups excluding carboxylic acids is 2. The molecule has 0 bridgehead atoms. The third-order valence-electron chi connectivity index (χ3n) is 5.47. The standard InChI is InChI=1S/C18H20F3NO3/c1-25-15(18(19,20)21)13-5-3-2-4-12(13)14-10-22-16(24)17(14)8-6-11(23)7-9-17/h2-5,14-15H,6-10H2,1H3,(H,22,24)/t14?,15-/m1/s1. The van der Waals surface area contributed by atoms with Crippen molar-refractivity contribution in [3.63, 3.8) is 0 Å². The zero-order valence-corrected chi connectivity index (χ0v) is 13.9. The second-order valence-corrected chi connectivity index (χ2v) is 6.74. The number of nitrogens with one attached hydrogen (secondary N) is 1. The number of ketones is 1. The monoisotopic (exact) mass is 355 g/mol. The highest BCUT2D eigenvalue weighted by Crippen LogP contribution is 2.51. The van der Waals surface area contributed by atoms with Crippen LogP contribution < -0.4 is 5.32 Å². The minimum atomic E-state index is -4.55. The molecule has 1 amide bonds. The molecule has 0 radical (unpaired) electrons. The first-order valence-corrected chi connectivity index (χ1v) is 8.28. The number of halogens is 3. The number of hydrogen-bond acceptors (Lipinski definition) is 3. The number of alkyl halides is 3. The number of Topliss-reactive ketones (excluding diaryl/α,β-unsaturated/α-hetero) is 1. The van der Waals surface area contributed by atoms with Crippen LogP contribution in [0.4, 0.5) is 13.2 Å². The summed E-state index contributed by atoms with van der Waals surface area (Å²) in [5.74, 6) is -0.465. The maximum absolute atomic E-state index is 13.4. The first-order chi connectivity index (χ1) is 11.8. The smallest absolute Gasteiger partial charge is 0.367 e. The minimum absolute atomic E-state index is 0.0373. The van der Waals surface area contributed by atoms with Crippen LogP contribution in [-0.4, -0.2) is 31.5 Å². The Bertz CT molecular complexity index is 676. The number of amides is 1. The van der Waals surface area contributed by atoms with E-state index in [-0.39, 0.29) is 23.8 Å². The van der Waals surface area contributed by atoms with Crippen LogP contribution in [0.3, 0.4) is 0 Å². The van der Waals surface area contributed by atoms with Gasteiger partial charge >= 0.3 is 6.18 Å². The Kier molecular flexibility index (Phi) is 4.62. The molecule has 1 heterocycles. The molecule has 1 saturated heterocycles. The molecular weight excluding hydrogens is 335 g/mol. The maximum Gasteiger partial charge on any atom is 0.418 e. The lowest BCUT2D eigenvalue weighted by atomic mass is 9.64. The van der Waals surface area contributed by atoms with Gasteiger partial charge in [-0.25, -0.2) is 0 Å². The van der Waals surface area contributed by atoms with Crippen LogP contribution in [0.15, 0.2) is 24.3 Å². The summed E-state index contributed by atoms with van der Waals surface area (Å²) in [5, 5.41) is 2.79. The van der Waals surface area contributed by atoms with Crippen LogP contribution in [0, 0.1) is 5.41 Å². The summed E-state index contributed by atoms with van der Waals surface area (Å²) < 4.78 is 44.9. The maximum atomic E-state index is 13.4. The van der Waals surface area contributed by atoms with Crippen molar-refractivity contribution in [3.8, 4) is 0 Å². The van der Waals surface area contributed by atoms with Gasteiger partial charge in [0.25, 0.3) is 0 Å². The molecule has 25 heavy (non-hydrogen) atoms. The molecule has 1 aliphatic heterocycles. The quantitative estimate of drug-likeness (QED) is 0.905. The Hall–Kier alpha value is -1.89. The molecule has 1 saturated carbocycles. The number of benzene rings is 1. The van der Waals surface area contributed by atoms with Crippen LogP contribution >= 0.6 is 0 Å². The molecular formula is C18H20F3NO3. The highest BCUT2D eigenvalue weighted by atomic mass is 19.4. The predicted molar refractivity (Wildman–Crippen MR) is 83.9 cm³/mol. The van der Waals surface area contributed by atoms with Gasteiger partial charge in [0.05, 0.1) is 5.41 Å². The van der Waals surface area contributed by atoms with Crippen molar-refractivity contribution < 1.29 is 27.5 Å². The van der Waals surface area contributed by atoms with E-state index in [9.17, 15) is 22.8 Å². The Morgan fingerprint density at radius 2 is 1.84 bits per heavy atom. The van der Waals surface area contributed by atoms with Gasteiger partial charge in [0.15, 0.2) is 6.10 Å². The average molecular weight is 355 g/mol. The Morgan fingerprint density at radius 1 is 1.20 bits per heavy atom. The first-order valence-electron chi connectivity index (χ1n) is 8.28. The van der Waals surface area contributed by atoms with Crippen LogP contribution in [0.2, 0.25) is 0 Å².